The number of aryl methyl sites for hydroxylation is 1. The van der Waals surface area contributed by atoms with Gasteiger partial charge in [-0.3, -0.25) is 4.98 Å². The topological polar surface area (TPSA) is 59.7 Å². The number of benzene rings is 1. The Morgan fingerprint density at radius 1 is 0.923 bits per heavy atom. The molecule has 2 aliphatic rings. The summed E-state index contributed by atoms with van der Waals surface area (Å²) in [6, 6.07) is 8.07. The maximum absolute atomic E-state index is 4.84. The van der Waals surface area contributed by atoms with Crippen LogP contribution >= 0.6 is 0 Å². The first kappa shape index (κ1) is 15.7. The molecule has 3 aromatic rings. The summed E-state index contributed by atoms with van der Waals surface area (Å²) in [5, 5.41) is 9.09. The molecule has 1 fully saturated rings. The molecule has 6 heteroatoms. The number of nitrogens with zero attached hydrogens (tertiary/aromatic N) is 6. The molecular weight excluding hydrogens is 324 g/mol. The van der Waals surface area contributed by atoms with Gasteiger partial charge in [0, 0.05) is 32.0 Å². The quantitative estimate of drug-likeness (QED) is 0.711. The molecule has 0 saturated carbocycles. The van der Waals surface area contributed by atoms with Crippen molar-refractivity contribution in [1.29, 1.82) is 0 Å². The Balaban J connectivity index is 1.42. The normalized spacial score (nSPS) is 20.8. The van der Waals surface area contributed by atoms with Crippen LogP contribution in [0.5, 0.6) is 0 Å². The number of anilines is 1. The lowest BCUT2D eigenvalue weighted by Crippen LogP contribution is -2.36. The minimum Gasteiger partial charge on any atom is -0.355 e. The highest BCUT2D eigenvalue weighted by Crippen LogP contribution is 2.30. The summed E-state index contributed by atoms with van der Waals surface area (Å²) < 4.78 is 2.40. The van der Waals surface area contributed by atoms with Crippen molar-refractivity contribution in [1.82, 2.24) is 24.7 Å². The number of aromatic nitrogens is 5. The van der Waals surface area contributed by atoms with Gasteiger partial charge in [-0.2, -0.15) is 0 Å². The lowest BCUT2D eigenvalue weighted by atomic mass is 9.97. The molecule has 0 bridgehead atoms. The largest absolute Gasteiger partial charge is 0.355 e. The molecule has 0 radical (unpaired) electrons. The van der Waals surface area contributed by atoms with E-state index in [0.717, 1.165) is 49.3 Å². The maximum Gasteiger partial charge on any atom is 0.147 e. The van der Waals surface area contributed by atoms with E-state index in [4.69, 9.17) is 4.98 Å². The van der Waals surface area contributed by atoms with Gasteiger partial charge >= 0.3 is 0 Å². The molecule has 1 saturated heterocycles. The minimum atomic E-state index is 0.427. The van der Waals surface area contributed by atoms with Crippen LogP contribution in [0.3, 0.4) is 0 Å². The van der Waals surface area contributed by atoms with Crippen molar-refractivity contribution in [3.63, 3.8) is 0 Å². The Hall–Kier alpha value is -2.50. The number of rotatable bonds is 2. The third-order valence-electron chi connectivity index (χ3n) is 5.68. The van der Waals surface area contributed by atoms with Crippen molar-refractivity contribution in [2.75, 3.05) is 18.0 Å². The third-order valence-corrected chi connectivity index (χ3v) is 5.68. The number of fused-ring (bicyclic) bond motifs is 2. The first-order valence-electron chi connectivity index (χ1n) is 9.77. The second-order valence-electron chi connectivity index (χ2n) is 7.44. The van der Waals surface area contributed by atoms with Gasteiger partial charge in [-0.25, -0.2) is 4.98 Å². The Labute approximate surface area is 153 Å². The summed E-state index contributed by atoms with van der Waals surface area (Å²) in [4.78, 5) is 11.8. The molecule has 2 aliphatic heterocycles. The van der Waals surface area contributed by atoms with Gasteiger partial charge in [-0.05, 0) is 37.8 Å². The molecule has 0 amide bonds. The highest BCUT2D eigenvalue weighted by molar-refractivity contribution is 5.75. The first-order valence-corrected chi connectivity index (χ1v) is 9.77. The Morgan fingerprint density at radius 3 is 2.81 bits per heavy atom. The molecule has 0 unspecified atom stereocenters. The minimum absolute atomic E-state index is 0.427. The zero-order valence-corrected chi connectivity index (χ0v) is 15.0. The average Bonchev–Trinajstić information content (AvgIpc) is 2.96. The van der Waals surface area contributed by atoms with Crippen LogP contribution in [0.2, 0.25) is 0 Å². The molecule has 6 nitrogen and oxygen atoms in total. The van der Waals surface area contributed by atoms with Crippen molar-refractivity contribution >= 4 is 16.9 Å². The van der Waals surface area contributed by atoms with Crippen LogP contribution in [0, 0.1) is 0 Å². The van der Waals surface area contributed by atoms with Crippen molar-refractivity contribution in [2.45, 2.75) is 51.0 Å². The monoisotopic (exact) mass is 348 g/mol. The predicted molar refractivity (Wildman–Crippen MR) is 101 cm³/mol. The molecule has 5 rings (SSSR count). The second kappa shape index (κ2) is 6.67. The van der Waals surface area contributed by atoms with Gasteiger partial charge in [0.1, 0.15) is 17.5 Å². The van der Waals surface area contributed by atoms with Crippen LogP contribution in [0.1, 0.15) is 49.7 Å². The Morgan fingerprint density at radius 2 is 1.85 bits per heavy atom. The number of hydrogen-bond acceptors (Lipinski definition) is 5. The number of para-hydroxylation sites is 2. The molecule has 1 atom stereocenters. The van der Waals surface area contributed by atoms with E-state index in [-0.39, 0.29) is 0 Å². The first-order chi connectivity index (χ1) is 12.9. The molecule has 134 valence electrons. The van der Waals surface area contributed by atoms with E-state index >= 15 is 0 Å². The third kappa shape index (κ3) is 2.83. The van der Waals surface area contributed by atoms with Crippen molar-refractivity contribution in [2.24, 2.45) is 0 Å². The molecule has 26 heavy (non-hydrogen) atoms. The highest BCUT2D eigenvalue weighted by atomic mass is 15.3. The van der Waals surface area contributed by atoms with E-state index < -0.39 is 0 Å². The van der Waals surface area contributed by atoms with Crippen LogP contribution in [-0.4, -0.2) is 37.8 Å². The summed E-state index contributed by atoms with van der Waals surface area (Å²) in [7, 11) is 0. The van der Waals surface area contributed by atoms with Gasteiger partial charge in [0.2, 0.25) is 0 Å². The Kier molecular flexibility index (Phi) is 4.03. The standard InChI is InChI=1S/C20H24N6/c1-2-10-18-23-24-20(26(18)12-5-1)15-7-6-11-25(14-15)19-13-21-16-8-3-4-9-17(16)22-19/h3-4,8-9,13,15H,1-2,5-7,10-12,14H2/t15-/m1/s1. The lowest BCUT2D eigenvalue weighted by Gasteiger charge is -2.33. The highest BCUT2D eigenvalue weighted by Gasteiger charge is 2.28. The van der Waals surface area contributed by atoms with Crippen LogP contribution in [0.25, 0.3) is 11.0 Å². The smallest absolute Gasteiger partial charge is 0.147 e. The fourth-order valence-electron chi connectivity index (χ4n) is 4.31. The van der Waals surface area contributed by atoms with Gasteiger partial charge in [0.05, 0.1) is 17.2 Å². The molecule has 0 spiro atoms. The molecular formula is C20H24N6. The van der Waals surface area contributed by atoms with Crippen LogP contribution < -0.4 is 4.90 Å². The predicted octanol–water partition coefficient (Wildman–Crippen LogP) is 3.33. The van der Waals surface area contributed by atoms with Crippen LogP contribution in [0.4, 0.5) is 5.82 Å². The van der Waals surface area contributed by atoms with Gasteiger partial charge in [0.15, 0.2) is 0 Å². The van der Waals surface area contributed by atoms with E-state index in [2.05, 4.69) is 24.6 Å². The van der Waals surface area contributed by atoms with E-state index in [1.165, 1.54) is 37.3 Å². The fraction of sp³-hybridized carbons (Fsp3) is 0.500. The van der Waals surface area contributed by atoms with Gasteiger partial charge in [0.25, 0.3) is 0 Å². The molecule has 1 aromatic carbocycles. The van der Waals surface area contributed by atoms with E-state index in [0.29, 0.717) is 5.92 Å². The number of hydrogen-bond donors (Lipinski definition) is 0. The summed E-state index contributed by atoms with van der Waals surface area (Å²) in [5.74, 6) is 3.76. The number of piperidine rings is 1. The fourth-order valence-corrected chi connectivity index (χ4v) is 4.31. The van der Waals surface area contributed by atoms with Crippen molar-refractivity contribution in [3.05, 3.63) is 42.1 Å². The zero-order valence-electron chi connectivity index (χ0n) is 15.0. The van der Waals surface area contributed by atoms with E-state index in [9.17, 15) is 0 Å². The van der Waals surface area contributed by atoms with Crippen molar-refractivity contribution < 1.29 is 0 Å². The van der Waals surface area contributed by atoms with Crippen molar-refractivity contribution in [3.8, 4) is 0 Å². The zero-order chi connectivity index (χ0) is 17.3. The summed E-state index contributed by atoms with van der Waals surface area (Å²) in [6.07, 6.45) is 9.09. The molecule has 0 aliphatic carbocycles. The second-order valence-corrected chi connectivity index (χ2v) is 7.44. The van der Waals surface area contributed by atoms with Gasteiger partial charge < -0.3 is 9.47 Å². The SMILES string of the molecule is c1ccc2nc(N3CCC[C@@H](c4nnc5n4CCCCC5)C3)cnc2c1. The molecule has 0 N–H and O–H groups in total. The van der Waals surface area contributed by atoms with Crippen LogP contribution in [0.15, 0.2) is 30.5 Å². The van der Waals surface area contributed by atoms with E-state index in [1.807, 2.05) is 30.5 Å². The Bertz CT molecular complexity index is 918. The van der Waals surface area contributed by atoms with Gasteiger partial charge in [-0.15, -0.1) is 10.2 Å². The maximum atomic E-state index is 4.84. The summed E-state index contributed by atoms with van der Waals surface area (Å²) in [6.45, 7) is 3.06. The average molecular weight is 348 g/mol. The van der Waals surface area contributed by atoms with Gasteiger partial charge in [-0.1, -0.05) is 18.6 Å². The van der Waals surface area contributed by atoms with E-state index in [1.54, 1.807) is 0 Å². The summed E-state index contributed by atoms with van der Waals surface area (Å²) in [5.41, 5.74) is 1.91. The molecule has 4 heterocycles. The lowest BCUT2D eigenvalue weighted by molar-refractivity contribution is 0.464. The van der Waals surface area contributed by atoms with Crippen LogP contribution in [-0.2, 0) is 13.0 Å². The summed E-state index contributed by atoms with van der Waals surface area (Å²) >= 11 is 0. The molecule has 2 aromatic heterocycles.